The SMILES string of the molecule is NC(=O)P1N=C(c2ccc(N3CCOCC3)nc2)SC1N. The molecule has 2 unspecified atom stereocenters. The normalized spacial score (nSPS) is 25.8. The maximum atomic E-state index is 11.3. The van der Waals surface area contributed by atoms with E-state index in [4.69, 9.17) is 16.2 Å². The zero-order valence-electron chi connectivity index (χ0n) is 11.3. The quantitative estimate of drug-likeness (QED) is 0.807. The van der Waals surface area contributed by atoms with Gasteiger partial charge in [0.15, 0.2) is 0 Å². The van der Waals surface area contributed by atoms with Crippen LogP contribution in [0.4, 0.5) is 10.6 Å². The van der Waals surface area contributed by atoms with E-state index in [9.17, 15) is 4.79 Å². The number of carbonyl (C=O) groups excluding carboxylic acids is 1. The molecule has 1 amide bonds. The lowest BCUT2D eigenvalue weighted by molar-refractivity contribution is 0.122. The lowest BCUT2D eigenvalue weighted by Gasteiger charge is -2.27. The number of anilines is 1. The Hall–Kier alpha value is -1.21. The summed E-state index contributed by atoms with van der Waals surface area (Å²) in [6.45, 7) is 3.15. The van der Waals surface area contributed by atoms with E-state index in [-0.39, 0.29) is 5.11 Å². The van der Waals surface area contributed by atoms with Crippen LogP contribution in [0, 0.1) is 0 Å². The second-order valence-corrected chi connectivity index (χ2v) is 7.97. The van der Waals surface area contributed by atoms with E-state index in [1.165, 1.54) is 11.8 Å². The minimum atomic E-state index is -1.34. The zero-order valence-corrected chi connectivity index (χ0v) is 13.0. The smallest absolute Gasteiger partial charge is 0.263 e. The third-order valence-electron chi connectivity index (χ3n) is 3.23. The summed E-state index contributed by atoms with van der Waals surface area (Å²) in [5.41, 5.74) is 11.6. The van der Waals surface area contributed by atoms with Crippen LogP contribution in [0.3, 0.4) is 0 Å². The van der Waals surface area contributed by atoms with Gasteiger partial charge in [0.25, 0.3) is 5.65 Å². The summed E-state index contributed by atoms with van der Waals surface area (Å²) < 4.78 is 9.68. The Bertz CT molecular complexity index is 561. The molecule has 0 spiro atoms. The van der Waals surface area contributed by atoms with Crippen molar-refractivity contribution in [2.24, 2.45) is 16.2 Å². The van der Waals surface area contributed by atoms with Gasteiger partial charge in [0, 0.05) is 24.8 Å². The first-order valence-electron chi connectivity index (χ1n) is 6.54. The van der Waals surface area contributed by atoms with Gasteiger partial charge in [-0.3, -0.25) is 4.79 Å². The monoisotopic (exact) mass is 325 g/mol. The van der Waals surface area contributed by atoms with Crippen LogP contribution in [-0.4, -0.2) is 47.1 Å². The van der Waals surface area contributed by atoms with Gasteiger partial charge in [-0.25, -0.2) is 9.75 Å². The Balaban J connectivity index is 1.75. The van der Waals surface area contributed by atoms with Crippen LogP contribution < -0.4 is 16.4 Å². The number of primary amides is 1. The number of nitrogens with zero attached hydrogens (tertiary/aromatic N) is 3. The largest absolute Gasteiger partial charge is 0.378 e. The molecule has 4 N–H and O–H groups in total. The predicted octanol–water partition coefficient (Wildman–Crippen LogP) is 1.13. The molecule has 0 bridgehead atoms. The third kappa shape index (κ3) is 3.18. The van der Waals surface area contributed by atoms with Crippen LogP contribution in [0.15, 0.2) is 23.1 Å². The first-order chi connectivity index (χ1) is 10.1. The molecule has 112 valence electrons. The topological polar surface area (TPSA) is 107 Å². The van der Waals surface area contributed by atoms with Crippen LogP contribution in [0.5, 0.6) is 0 Å². The van der Waals surface area contributed by atoms with E-state index in [1.807, 2.05) is 12.1 Å². The maximum absolute atomic E-state index is 11.3. The molecular formula is C12H16N5O2PS. The van der Waals surface area contributed by atoms with Gasteiger partial charge in [0.05, 0.1) is 13.2 Å². The Labute approximate surface area is 127 Å². The van der Waals surface area contributed by atoms with Gasteiger partial charge in [-0.2, -0.15) is 0 Å². The molecule has 2 aliphatic rings. The standard InChI is InChI=1S/C12H16N5O2PS/c13-11(18)20-12(14)21-10(16-20)8-1-2-9(15-7-8)17-3-5-19-6-4-17/h1-2,7,12H,3-6,14H2,(H2,13,18). The summed E-state index contributed by atoms with van der Waals surface area (Å²) in [7, 11) is -1.34. The van der Waals surface area contributed by atoms with Crippen LogP contribution >= 0.6 is 19.8 Å². The molecule has 2 atom stereocenters. The predicted molar refractivity (Wildman–Crippen MR) is 85.9 cm³/mol. The fourth-order valence-corrected chi connectivity index (χ4v) is 5.00. The molecule has 1 aromatic heterocycles. The van der Waals surface area contributed by atoms with Crippen LogP contribution in [-0.2, 0) is 4.74 Å². The summed E-state index contributed by atoms with van der Waals surface area (Å²) in [4.78, 5) is 17.9. The highest BCUT2D eigenvalue weighted by molar-refractivity contribution is 8.22. The van der Waals surface area contributed by atoms with E-state index in [0.717, 1.165) is 42.7 Å². The molecule has 3 heterocycles. The summed E-state index contributed by atoms with van der Waals surface area (Å²) >= 11 is 1.38. The van der Waals surface area contributed by atoms with Crippen molar-refractivity contribution in [1.29, 1.82) is 0 Å². The fraction of sp³-hybridized carbons (Fsp3) is 0.417. The summed E-state index contributed by atoms with van der Waals surface area (Å²) in [5.74, 6) is 0.923. The first kappa shape index (κ1) is 14.7. The van der Waals surface area contributed by atoms with Crippen molar-refractivity contribution in [3.63, 3.8) is 0 Å². The lowest BCUT2D eigenvalue weighted by Crippen LogP contribution is -2.36. The average Bonchev–Trinajstić information content (AvgIpc) is 2.90. The molecule has 1 saturated heterocycles. The highest BCUT2D eigenvalue weighted by atomic mass is 32.2. The van der Waals surface area contributed by atoms with Crippen molar-refractivity contribution in [3.05, 3.63) is 23.9 Å². The fourth-order valence-electron chi connectivity index (χ4n) is 2.14. The molecule has 0 aromatic carbocycles. The van der Waals surface area contributed by atoms with Gasteiger partial charge in [-0.1, -0.05) is 11.8 Å². The summed E-state index contributed by atoms with van der Waals surface area (Å²) in [5, 5.41) is 0.389. The number of aromatic nitrogens is 1. The number of morpholine rings is 1. The second kappa shape index (κ2) is 6.27. The number of hydrogen-bond donors (Lipinski definition) is 2. The highest BCUT2D eigenvalue weighted by Crippen LogP contribution is 2.52. The number of thioether (sulfide) groups is 1. The molecule has 7 nitrogen and oxygen atoms in total. The number of carbonyl (C=O) groups is 1. The molecule has 21 heavy (non-hydrogen) atoms. The number of amides is 1. The maximum Gasteiger partial charge on any atom is 0.263 e. The van der Waals surface area contributed by atoms with E-state index in [2.05, 4.69) is 14.6 Å². The van der Waals surface area contributed by atoms with Gasteiger partial charge in [0.1, 0.15) is 24.0 Å². The third-order valence-corrected chi connectivity index (χ3v) is 6.42. The Kier molecular flexibility index (Phi) is 4.40. The Morgan fingerprint density at radius 3 is 2.76 bits per heavy atom. The first-order valence-corrected chi connectivity index (χ1v) is 8.78. The number of ether oxygens (including phenoxy) is 1. The molecule has 0 aliphatic carbocycles. The van der Waals surface area contributed by atoms with Gasteiger partial charge in [-0.15, -0.1) is 0 Å². The highest BCUT2D eigenvalue weighted by Gasteiger charge is 2.32. The van der Waals surface area contributed by atoms with Crippen molar-refractivity contribution in [2.45, 2.75) is 5.11 Å². The number of nitrogens with two attached hydrogens (primary N) is 2. The van der Waals surface area contributed by atoms with Crippen molar-refractivity contribution < 1.29 is 9.53 Å². The van der Waals surface area contributed by atoms with Gasteiger partial charge in [-0.05, 0) is 12.1 Å². The molecular weight excluding hydrogens is 309 g/mol. The Morgan fingerprint density at radius 1 is 1.43 bits per heavy atom. The minimum Gasteiger partial charge on any atom is -0.378 e. The van der Waals surface area contributed by atoms with Crippen LogP contribution in [0.2, 0.25) is 0 Å². The second-order valence-electron chi connectivity index (χ2n) is 4.60. The number of rotatable bonds is 3. The van der Waals surface area contributed by atoms with Crippen LogP contribution in [0.1, 0.15) is 5.56 Å². The summed E-state index contributed by atoms with van der Waals surface area (Å²) in [6.07, 6.45) is 1.77. The van der Waals surface area contributed by atoms with E-state index < -0.39 is 13.7 Å². The molecule has 3 rings (SSSR count). The lowest BCUT2D eigenvalue weighted by atomic mass is 10.3. The van der Waals surface area contributed by atoms with Gasteiger partial charge < -0.3 is 21.1 Å². The van der Waals surface area contributed by atoms with Crippen molar-refractivity contribution in [2.75, 3.05) is 31.2 Å². The molecule has 9 heteroatoms. The van der Waals surface area contributed by atoms with E-state index in [1.54, 1.807) is 6.20 Å². The van der Waals surface area contributed by atoms with Crippen molar-refractivity contribution in [3.8, 4) is 0 Å². The zero-order chi connectivity index (χ0) is 14.8. The molecule has 2 aliphatic heterocycles. The van der Waals surface area contributed by atoms with E-state index in [0.29, 0.717) is 0 Å². The molecule has 0 saturated carbocycles. The van der Waals surface area contributed by atoms with Crippen molar-refractivity contribution >= 4 is 36.3 Å². The van der Waals surface area contributed by atoms with Crippen molar-refractivity contribution in [1.82, 2.24) is 4.98 Å². The van der Waals surface area contributed by atoms with Gasteiger partial charge >= 0.3 is 0 Å². The molecule has 0 radical (unpaired) electrons. The molecule has 1 fully saturated rings. The number of hydrogen-bond acceptors (Lipinski definition) is 7. The van der Waals surface area contributed by atoms with E-state index >= 15 is 0 Å². The number of pyridine rings is 1. The minimum absolute atomic E-state index is 0.355. The van der Waals surface area contributed by atoms with Crippen LogP contribution in [0.25, 0.3) is 0 Å². The van der Waals surface area contributed by atoms with Gasteiger partial charge in [0.2, 0.25) is 0 Å². The molecule has 1 aromatic rings. The average molecular weight is 325 g/mol. The Morgan fingerprint density at radius 2 is 2.19 bits per heavy atom. The summed E-state index contributed by atoms with van der Waals surface area (Å²) in [6, 6.07) is 3.91.